The summed E-state index contributed by atoms with van der Waals surface area (Å²) in [5, 5.41) is 0. The van der Waals surface area contributed by atoms with Crippen molar-refractivity contribution in [1.82, 2.24) is 0 Å². The van der Waals surface area contributed by atoms with Crippen LogP contribution in [0.25, 0.3) is 0 Å². The Labute approximate surface area is 254 Å². The second kappa shape index (κ2) is 37.7. The van der Waals surface area contributed by atoms with Gasteiger partial charge in [0.05, 0.1) is 0 Å². The highest BCUT2D eigenvalue weighted by molar-refractivity contribution is 7.80. The third kappa shape index (κ3) is 36.7. The summed E-state index contributed by atoms with van der Waals surface area (Å²) in [5.41, 5.74) is 0. The maximum absolute atomic E-state index is 4.29. The van der Waals surface area contributed by atoms with Gasteiger partial charge in [0.2, 0.25) is 0 Å². The van der Waals surface area contributed by atoms with Crippen LogP contribution in [0, 0.1) is 0 Å². The van der Waals surface area contributed by atoms with Gasteiger partial charge in [0.1, 0.15) is 0 Å². The zero-order chi connectivity index (χ0) is 27.5. The Balaban J connectivity index is 3.01. The van der Waals surface area contributed by atoms with E-state index in [9.17, 15) is 0 Å². The van der Waals surface area contributed by atoms with E-state index >= 15 is 0 Å². The van der Waals surface area contributed by atoms with Crippen molar-refractivity contribution in [3.63, 3.8) is 0 Å². The Kier molecular flexibility index (Phi) is 38.4. The lowest BCUT2D eigenvalue weighted by Crippen LogP contribution is -1.85. The third-order valence-electron chi connectivity index (χ3n) is 8.57. The lowest BCUT2D eigenvalue weighted by molar-refractivity contribution is 0.511. The van der Waals surface area contributed by atoms with Crippen LogP contribution in [0.15, 0.2) is 0 Å². The van der Waals surface area contributed by atoms with E-state index < -0.39 is 0 Å². The van der Waals surface area contributed by atoms with Crippen molar-refractivity contribution in [2.45, 2.75) is 218 Å². The Morgan fingerprint density at radius 2 is 0.211 bits per heavy atom. The second-order valence-corrected chi connectivity index (χ2v) is 13.4. The monoisotopic (exact) mass is 571 g/mol. The highest BCUT2D eigenvalue weighted by Gasteiger charge is 1.97. The van der Waals surface area contributed by atoms with E-state index in [4.69, 9.17) is 0 Å². The van der Waals surface area contributed by atoms with Crippen molar-refractivity contribution in [3.05, 3.63) is 0 Å². The number of hydrogen-bond donors (Lipinski definition) is 2. The summed E-state index contributed by atoms with van der Waals surface area (Å²) >= 11 is 8.57. The highest BCUT2D eigenvalue weighted by atomic mass is 32.1. The molecule has 0 N–H and O–H groups in total. The quantitative estimate of drug-likeness (QED) is 0.0549. The molecule has 0 amide bonds. The highest BCUT2D eigenvalue weighted by Crippen LogP contribution is 2.17. The average molecular weight is 571 g/mol. The SMILES string of the molecule is SCCCCCCCCCCCCCCCCCCCCCCCCCCCCCCCCCCCCS. The van der Waals surface area contributed by atoms with Gasteiger partial charge in [0.15, 0.2) is 0 Å². The summed E-state index contributed by atoms with van der Waals surface area (Å²) < 4.78 is 0. The molecule has 38 heavy (non-hydrogen) atoms. The van der Waals surface area contributed by atoms with Crippen molar-refractivity contribution < 1.29 is 0 Å². The molecule has 2 heteroatoms. The van der Waals surface area contributed by atoms with Crippen molar-refractivity contribution >= 4 is 25.3 Å². The van der Waals surface area contributed by atoms with Crippen molar-refractivity contribution in [2.24, 2.45) is 0 Å². The van der Waals surface area contributed by atoms with E-state index in [0.29, 0.717) is 0 Å². The van der Waals surface area contributed by atoms with Crippen molar-refractivity contribution in [1.29, 1.82) is 0 Å². The van der Waals surface area contributed by atoms with E-state index in [-0.39, 0.29) is 0 Å². The third-order valence-corrected chi connectivity index (χ3v) is 9.20. The molecule has 0 rings (SSSR count). The van der Waals surface area contributed by atoms with E-state index in [1.165, 1.54) is 218 Å². The largest absolute Gasteiger partial charge is 0.179 e. The molecule has 0 heterocycles. The Morgan fingerprint density at radius 1 is 0.132 bits per heavy atom. The standard InChI is InChI=1S/C36H74S2/c37-35-33-31-29-27-25-23-21-19-17-15-13-11-9-7-5-3-1-2-4-6-8-10-12-14-16-18-20-22-24-26-28-30-32-34-36-38/h37-38H,1-36H2. The lowest BCUT2D eigenvalue weighted by atomic mass is 10.0. The molecule has 0 spiro atoms. The number of thiol groups is 2. The van der Waals surface area contributed by atoms with E-state index in [2.05, 4.69) is 25.3 Å². The fraction of sp³-hybridized carbons (Fsp3) is 1.00. The van der Waals surface area contributed by atoms with E-state index in [0.717, 1.165) is 11.5 Å². The van der Waals surface area contributed by atoms with Gasteiger partial charge in [-0.25, -0.2) is 0 Å². The number of unbranched alkanes of at least 4 members (excludes halogenated alkanes) is 33. The molecule has 230 valence electrons. The molecule has 0 aromatic carbocycles. The Bertz CT molecular complexity index is 348. The van der Waals surface area contributed by atoms with Gasteiger partial charge >= 0.3 is 0 Å². The second-order valence-electron chi connectivity index (χ2n) is 12.5. The summed E-state index contributed by atoms with van der Waals surface area (Å²) in [4.78, 5) is 0. The Hall–Kier alpha value is 0.700. The van der Waals surface area contributed by atoms with Gasteiger partial charge in [0, 0.05) is 0 Å². The molecule has 0 radical (unpaired) electrons. The first-order chi connectivity index (χ1) is 18.9. The molecule has 0 saturated heterocycles. The van der Waals surface area contributed by atoms with Crippen LogP contribution in [0.1, 0.15) is 218 Å². The van der Waals surface area contributed by atoms with E-state index in [1.807, 2.05) is 0 Å². The van der Waals surface area contributed by atoms with Crippen LogP contribution in [0.2, 0.25) is 0 Å². The van der Waals surface area contributed by atoms with Crippen molar-refractivity contribution in [2.75, 3.05) is 11.5 Å². The number of hydrogen-bond acceptors (Lipinski definition) is 2. The van der Waals surface area contributed by atoms with Gasteiger partial charge in [-0.15, -0.1) is 0 Å². The zero-order valence-electron chi connectivity index (χ0n) is 26.4. The van der Waals surface area contributed by atoms with Gasteiger partial charge in [0.25, 0.3) is 0 Å². The topological polar surface area (TPSA) is 0 Å². The summed E-state index contributed by atoms with van der Waals surface area (Å²) in [6.45, 7) is 0. The summed E-state index contributed by atoms with van der Waals surface area (Å²) in [5.74, 6) is 2.14. The molecule has 0 aromatic heterocycles. The lowest BCUT2D eigenvalue weighted by Gasteiger charge is -2.05. The normalized spacial score (nSPS) is 11.5. The van der Waals surface area contributed by atoms with Crippen LogP contribution in [-0.4, -0.2) is 11.5 Å². The van der Waals surface area contributed by atoms with Crippen LogP contribution in [-0.2, 0) is 0 Å². The summed E-state index contributed by atoms with van der Waals surface area (Å²) in [6.07, 6.45) is 49.7. The molecular weight excluding hydrogens is 497 g/mol. The van der Waals surface area contributed by atoms with Gasteiger partial charge < -0.3 is 0 Å². The molecular formula is C36H74S2. The van der Waals surface area contributed by atoms with E-state index in [1.54, 1.807) is 0 Å². The summed E-state index contributed by atoms with van der Waals surface area (Å²) in [7, 11) is 0. The minimum Gasteiger partial charge on any atom is -0.179 e. The van der Waals surface area contributed by atoms with Gasteiger partial charge in [-0.2, -0.15) is 25.3 Å². The smallest absolute Gasteiger partial charge is 0.00979 e. The molecule has 0 saturated carbocycles. The maximum atomic E-state index is 4.29. The minimum absolute atomic E-state index is 1.07. The first kappa shape index (κ1) is 38.7. The van der Waals surface area contributed by atoms with Gasteiger partial charge in [-0.1, -0.05) is 205 Å². The van der Waals surface area contributed by atoms with Crippen molar-refractivity contribution in [3.8, 4) is 0 Å². The summed E-state index contributed by atoms with van der Waals surface area (Å²) in [6, 6.07) is 0. The average Bonchev–Trinajstić information content (AvgIpc) is 2.93. The van der Waals surface area contributed by atoms with Gasteiger partial charge in [-0.3, -0.25) is 0 Å². The maximum Gasteiger partial charge on any atom is -0.00979 e. The molecule has 0 nitrogen and oxygen atoms in total. The fourth-order valence-corrected chi connectivity index (χ4v) is 6.33. The predicted molar refractivity (Wildman–Crippen MR) is 185 cm³/mol. The molecule has 0 unspecified atom stereocenters. The fourth-order valence-electron chi connectivity index (χ4n) is 5.88. The molecule has 0 aliphatic rings. The Morgan fingerprint density at radius 3 is 0.289 bits per heavy atom. The zero-order valence-corrected chi connectivity index (χ0v) is 28.1. The van der Waals surface area contributed by atoms with Crippen LogP contribution in [0.5, 0.6) is 0 Å². The number of rotatable bonds is 35. The van der Waals surface area contributed by atoms with Crippen LogP contribution in [0.3, 0.4) is 0 Å². The molecule has 0 atom stereocenters. The predicted octanol–water partition coefficient (Wildman–Crippen LogP) is 14.1. The molecule has 0 aliphatic heterocycles. The first-order valence-electron chi connectivity index (χ1n) is 18.1. The van der Waals surface area contributed by atoms with Crippen LogP contribution < -0.4 is 0 Å². The molecule has 0 bridgehead atoms. The molecule has 0 aromatic rings. The van der Waals surface area contributed by atoms with Crippen LogP contribution in [0.4, 0.5) is 0 Å². The molecule has 0 fully saturated rings. The first-order valence-corrected chi connectivity index (χ1v) is 19.4. The molecule has 0 aliphatic carbocycles. The van der Waals surface area contributed by atoms with Gasteiger partial charge in [-0.05, 0) is 24.3 Å². The van der Waals surface area contributed by atoms with Crippen LogP contribution >= 0.6 is 25.3 Å². The minimum atomic E-state index is 1.07.